The summed E-state index contributed by atoms with van der Waals surface area (Å²) in [6.07, 6.45) is 1.15. The average molecular weight is 475 g/mol. The maximum Gasteiger partial charge on any atom is 0.257 e. The number of aryl methyl sites for hydroxylation is 1. The van der Waals surface area contributed by atoms with Crippen molar-refractivity contribution in [3.8, 4) is 22.6 Å². The number of ether oxygens (including phenoxy) is 1. The SMILES string of the molecule is COc1ccc(-c2ccccc2-n2c(C)cc(C(=O)Nc3ccc(S(C)(=O)=O)cc3)c2C)cc1. The van der Waals surface area contributed by atoms with Crippen LogP contribution in [0.4, 0.5) is 5.69 Å². The lowest BCUT2D eigenvalue weighted by molar-refractivity contribution is 0.102. The molecule has 1 aromatic heterocycles. The quantitative estimate of drug-likeness (QED) is 0.404. The zero-order valence-corrected chi connectivity index (χ0v) is 20.3. The van der Waals surface area contributed by atoms with Crippen molar-refractivity contribution < 1.29 is 17.9 Å². The van der Waals surface area contributed by atoms with Crippen LogP contribution in [-0.2, 0) is 9.84 Å². The van der Waals surface area contributed by atoms with Gasteiger partial charge >= 0.3 is 0 Å². The molecule has 174 valence electrons. The maximum absolute atomic E-state index is 13.1. The van der Waals surface area contributed by atoms with Gasteiger partial charge in [0, 0.05) is 28.9 Å². The molecule has 0 radical (unpaired) electrons. The van der Waals surface area contributed by atoms with Crippen LogP contribution in [0.3, 0.4) is 0 Å². The lowest BCUT2D eigenvalue weighted by Crippen LogP contribution is -2.13. The number of hydrogen-bond donors (Lipinski definition) is 1. The molecule has 0 spiro atoms. The molecule has 0 fully saturated rings. The van der Waals surface area contributed by atoms with Gasteiger partial charge in [-0.25, -0.2) is 8.42 Å². The second-order valence-corrected chi connectivity index (χ2v) is 10.1. The largest absolute Gasteiger partial charge is 0.497 e. The Bertz CT molecular complexity index is 1450. The monoisotopic (exact) mass is 474 g/mol. The summed E-state index contributed by atoms with van der Waals surface area (Å²) in [5.41, 5.74) is 5.87. The van der Waals surface area contributed by atoms with E-state index in [-0.39, 0.29) is 10.8 Å². The van der Waals surface area contributed by atoms with Gasteiger partial charge in [0.25, 0.3) is 5.91 Å². The predicted octanol–water partition coefficient (Wildman–Crippen LogP) is 5.43. The van der Waals surface area contributed by atoms with Crippen LogP contribution in [0.1, 0.15) is 21.7 Å². The summed E-state index contributed by atoms with van der Waals surface area (Å²) in [4.78, 5) is 13.3. The summed E-state index contributed by atoms with van der Waals surface area (Å²) < 4.78 is 30.7. The fourth-order valence-corrected chi connectivity index (χ4v) is 4.66. The Morgan fingerprint density at radius 2 is 1.56 bits per heavy atom. The van der Waals surface area contributed by atoms with E-state index in [4.69, 9.17) is 4.74 Å². The van der Waals surface area contributed by atoms with Crippen LogP contribution in [0.2, 0.25) is 0 Å². The summed E-state index contributed by atoms with van der Waals surface area (Å²) in [6.45, 7) is 3.88. The van der Waals surface area contributed by atoms with E-state index in [9.17, 15) is 13.2 Å². The van der Waals surface area contributed by atoms with Crippen molar-refractivity contribution in [2.45, 2.75) is 18.7 Å². The van der Waals surface area contributed by atoms with Gasteiger partial charge in [-0.05, 0) is 67.9 Å². The van der Waals surface area contributed by atoms with Gasteiger partial charge in [0.1, 0.15) is 5.75 Å². The summed E-state index contributed by atoms with van der Waals surface area (Å²) in [5, 5.41) is 2.87. The molecular formula is C27H26N2O4S. The molecule has 0 saturated heterocycles. The fourth-order valence-electron chi connectivity index (χ4n) is 4.03. The van der Waals surface area contributed by atoms with Gasteiger partial charge in [0.05, 0.1) is 23.3 Å². The Balaban J connectivity index is 1.68. The summed E-state index contributed by atoms with van der Waals surface area (Å²) >= 11 is 0. The van der Waals surface area contributed by atoms with Gasteiger partial charge in [0.2, 0.25) is 0 Å². The molecule has 34 heavy (non-hydrogen) atoms. The van der Waals surface area contributed by atoms with Crippen LogP contribution < -0.4 is 10.1 Å². The molecule has 6 nitrogen and oxygen atoms in total. The number of nitrogens with zero attached hydrogens (tertiary/aromatic N) is 1. The van der Waals surface area contributed by atoms with Crippen LogP contribution in [0.5, 0.6) is 5.75 Å². The van der Waals surface area contributed by atoms with E-state index in [1.165, 1.54) is 12.1 Å². The van der Waals surface area contributed by atoms with E-state index in [0.29, 0.717) is 11.3 Å². The number of carbonyl (C=O) groups excluding carboxylic acids is 1. The molecule has 7 heteroatoms. The van der Waals surface area contributed by atoms with Crippen LogP contribution in [0.15, 0.2) is 83.8 Å². The number of anilines is 1. The molecule has 3 aromatic carbocycles. The minimum Gasteiger partial charge on any atom is -0.497 e. The number of nitrogens with one attached hydrogen (secondary N) is 1. The molecule has 0 aliphatic rings. The lowest BCUT2D eigenvalue weighted by atomic mass is 10.0. The van der Waals surface area contributed by atoms with E-state index in [2.05, 4.69) is 16.0 Å². The maximum atomic E-state index is 13.1. The Labute approximate surface area is 199 Å². The van der Waals surface area contributed by atoms with E-state index < -0.39 is 9.84 Å². The smallest absolute Gasteiger partial charge is 0.257 e. The molecule has 1 amide bonds. The molecular weight excluding hydrogens is 448 g/mol. The molecule has 1 N–H and O–H groups in total. The summed E-state index contributed by atoms with van der Waals surface area (Å²) in [6, 6.07) is 23.9. The average Bonchev–Trinajstić information content (AvgIpc) is 3.12. The lowest BCUT2D eigenvalue weighted by Gasteiger charge is -2.16. The Hall–Kier alpha value is -3.84. The number of amides is 1. The second kappa shape index (κ2) is 9.19. The fraction of sp³-hybridized carbons (Fsp3) is 0.148. The number of aromatic nitrogens is 1. The Morgan fingerprint density at radius 3 is 2.18 bits per heavy atom. The van der Waals surface area contributed by atoms with Gasteiger partial charge < -0.3 is 14.6 Å². The number of rotatable bonds is 6. The van der Waals surface area contributed by atoms with Crippen molar-refractivity contribution in [1.29, 1.82) is 0 Å². The van der Waals surface area contributed by atoms with Crippen molar-refractivity contribution in [3.63, 3.8) is 0 Å². The topological polar surface area (TPSA) is 77.4 Å². The highest BCUT2D eigenvalue weighted by Gasteiger charge is 2.19. The van der Waals surface area contributed by atoms with Gasteiger partial charge in [0.15, 0.2) is 9.84 Å². The first kappa shape index (κ1) is 23.3. The Kier molecular flexibility index (Phi) is 6.30. The Morgan fingerprint density at radius 1 is 0.912 bits per heavy atom. The minimum absolute atomic E-state index is 0.207. The molecule has 0 unspecified atom stereocenters. The normalized spacial score (nSPS) is 11.3. The number of methoxy groups -OCH3 is 1. The zero-order valence-electron chi connectivity index (χ0n) is 19.5. The van der Waals surface area contributed by atoms with Gasteiger partial charge in [-0.3, -0.25) is 4.79 Å². The number of hydrogen-bond acceptors (Lipinski definition) is 4. The third-order valence-corrected chi connectivity index (χ3v) is 6.89. The third-order valence-electron chi connectivity index (χ3n) is 5.76. The van der Waals surface area contributed by atoms with Crippen molar-refractivity contribution in [1.82, 2.24) is 4.57 Å². The van der Waals surface area contributed by atoms with Gasteiger partial charge in [-0.15, -0.1) is 0 Å². The van der Waals surface area contributed by atoms with Crippen molar-refractivity contribution in [2.75, 3.05) is 18.7 Å². The molecule has 0 aliphatic heterocycles. The number of sulfone groups is 1. The molecule has 0 saturated carbocycles. The van der Waals surface area contributed by atoms with Gasteiger partial charge in [-0.2, -0.15) is 0 Å². The highest BCUT2D eigenvalue weighted by Crippen LogP contribution is 2.31. The van der Waals surface area contributed by atoms with Crippen LogP contribution in [-0.4, -0.2) is 32.3 Å². The first-order valence-corrected chi connectivity index (χ1v) is 12.6. The van der Waals surface area contributed by atoms with Crippen LogP contribution >= 0.6 is 0 Å². The second-order valence-electron chi connectivity index (χ2n) is 8.12. The van der Waals surface area contributed by atoms with E-state index >= 15 is 0 Å². The number of para-hydroxylation sites is 1. The van der Waals surface area contributed by atoms with Crippen molar-refractivity contribution in [2.24, 2.45) is 0 Å². The molecule has 0 atom stereocenters. The first-order valence-electron chi connectivity index (χ1n) is 10.7. The van der Waals surface area contributed by atoms with E-state index in [0.717, 1.165) is 40.2 Å². The van der Waals surface area contributed by atoms with Crippen molar-refractivity contribution >= 4 is 21.4 Å². The highest BCUT2D eigenvalue weighted by molar-refractivity contribution is 7.90. The summed E-state index contributed by atoms with van der Waals surface area (Å²) in [5.74, 6) is 0.534. The van der Waals surface area contributed by atoms with Crippen LogP contribution in [0, 0.1) is 13.8 Å². The van der Waals surface area contributed by atoms with Crippen molar-refractivity contribution in [3.05, 3.63) is 95.8 Å². The minimum atomic E-state index is -3.29. The van der Waals surface area contributed by atoms with Gasteiger partial charge in [-0.1, -0.05) is 30.3 Å². The molecule has 0 aliphatic carbocycles. The standard InChI is InChI=1S/C27H26N2O4S/c1-18-17-25(27(30)28-21-11-15-23(16-12-21)34(4,31)32)19(2)29(18)26-8-6-5-7-24(26)20-9-13-22(33-3)14-10-20/h5-17H,1-4H3,(H,28,30). The third kappa shape index (κ3) is 4.61. The van der Waals surface area contributed by atoms with Crippen LogP contribution in [0.25, 0.3) is 16.8 Å². The zero-order chi connectivity index (χ0) is 24.5. The predicted molar refractivity (Wildman–Crippen MR) is 135 cm³/mol. The number of benzene rings is 3. The van der Waals surface area contributed by atoms with E-state index in [1.807, 2.05) is 62.4 Å². The molecule has 4 aromatic rings. The number of carbonyl (C=O) groups is 1. The molecule has 1 heterocycles. The summed E-state index contributed by atoms with van der Waals surface area (Å²) in [7, 11) is -1.65. The highest BCUT2D eigenvalue weighted by atomic mass is 32.2. The molecule has 4 rings (SSSR count). The first-order chi connectivity index (χ1) is 16.2. The van der Waals surface area contributed by atoms with E-state index in [1.54, 1.807) is 19.2 Å². The molecule has 0 bridgehead atoms.